The average Bonchev–Trinajstić information content (AvgIpc) is 2.17. The van der Waals surface area contributed by atoms with Gasteiger partial charge in [-0.3, -0.25) is 0 Å². The van der Waals surface area contributed by atoms with Crippen LogP contribution in [0.25, 0.3) is 0 Å². The summed E-state index contributed by atoms with van der Waals surface area (Å²) in [5, 5.41) is 17.1. The van der Waals surface area contributed by atoms with Crippen LogP contribution in [0.2, 0.25) is 0 Å². The van der Waals surface area contributed by atoms with Gasteiger partial charge in [0.1, 0.15) is 11.3 Å². The maximum absolute atomic E-state index is 11.9. The third kappa shape index (κ3) is 2.64. The molecule has 0 fully saturated rings. The van der Waals surface area contributed by atoms with E-state index in [2.05, 4.69) is 4.74 Å². The van der Waals surface area contributed by atoms with Crippen LogP contribution in [0.1, 0.15) is 15.9 Å². The second-order valence-electron chi connectivity index (χ2n) is 2.51. The average molecular weight is 213 g/mol. The van der Waals surface area contributed by atoms with E-state index in [0.29, 0.717) is 0 Å². The van der Waals surface area contributed by atoms with Crippen LogP contribution in [0.5, 0.6) is 5.75 Å². The summed E-state index contributed by atoms with van der Waals surface area (Å²) in [7, 11) is 0. The van der Waals surface area contributed by atoms with Gasteiger partial charge in [0, 0.05) is 0 Å². The summed E-state index contributed by atoms with van der Waals surface area (Å²) in [5.41, 5.74) is -0.400. The molecule has 1 N–H and O–H groups in total. The third-order valence-electron chi connectivity index (χ3n) is 1.56. The number of carboxylic acids is 1. The fourth-order valence-electron chi connectivity index (χ4n) is 0.965. The van der Waals surface area contributed by atoms with Crippen LogP contribution in [0, 0.1) is 11.3 Å². The zero-order valence-corrected chi connectivity index (χ0v) is 7.28. The number of rotatable bonds is 3. The molecule has 0 aliphatic carbocycles. The molecule has 1 aromatic carbocycles. The first-order valence-corrected chi connectivity index (χ1v) is 3.77. The Morgan fingerprint density at radius 2 is 2.20 bits per heavy atom. The van der Waals surface area contributed by atoms with Crippen molar-refractivity contribution in [1.29, 1.82) is 5.26 Å². The van der Waals surface area contributed by atoms with Crippen LogP contribution in [0.4, 0.5) is 8.78 Å². The minimum atomic E-state index is -3.10. The van der Waals surface area contributed by atoms with Crippen molar-refractivity contribution in [3.05, 3.63) is 29.3 Å². The standard InChI is InChI=1S/C9H5F2NO3/c10-9(11)15-7-2-1-5(4-12)3-6(7)8(13)14/h1-3,9H,(H,13,14). The van der Waals surface area contributed by atoms with Gasteiger partial charge in [-0.2, -0.15) is 14.0 Å². The van der Waals surface area contributed by atoms with E-state index in [1.165, 1.54) is 6.07 Å². The summed E-state index contributed by atoms with van der Waals surface area (Å²) in [6.45, 7) is -3.10. The number of nitrogens with zero attached hydrogens (tertiary/aromatic N) is 1. The van der Waals surface area contributed by atoms with Crippen LogP contribution >= 0.6 is 0 Å². The molecule has 0 heterocycles. The third-order valence-corrected chi connectivity index (χ3v) is 1.56. The predicted octanol–water partition coefficient (Wildman–Crippen LogP) is 1.86. The van der Waals surface area contributed by atoms with E-state index in [0.717, 1.165) is 12.1 Å². The van der Waals surface area contributed by atoms with Gasteiger partial charge >= 0.3 is 12.6 Å². The Balaban J connectivity index is 3.16. The first kappa shape index (κ1) is 10.9. The predicted molar refractivity (Wildman–Crippen MR) is 44.7 cm³/mol. The Morgan fingerprint density at radius 3 is 2.67 bits per heavy atom. The fourth-order valence-corrected chi connectivity index (χ4v) is 0.965. The molecule has 0 bridgehead atoms. The second-order valence-corrected chi connectivity index (χ2v) is 2.51. The van der Waals surface area contributed by atoms with Crippen molar-refractivity contribution in [2.45, 2.75) is 6.61 Å². The highest BCUT2D eigenvalue weighted by Crippen LogP contribution is 2.21. The minimum absolute atomic E-state index is 0.0639. The van der Waals surface area contributed by atoms with Crippen molar-refractivity contribution >= 4 is 5.97 Å². The Bertz CT molecular complexity index is 426. The maximum Gasteiger partial charge on any atom is 0.387 e. The molecule has 0 saturated heterocycles. The van der Waals surface area contributed by atoms with Crippen molar-refractivity contribution in [3.8, 4) is 11.8 Å². The van der Waals surface area contributed by atoms with Gasteiger partial charge in [-0.15, -0.1) is 0 Å². The van der Waals surface area contributed by atoms with Crippen molar-refractivity contribution in [1.82, 2.24) is 0 Å². The van der Waals surface area contributed by atoms with E-state index in [1.807, 2.05) is 0 Å². The van der Waals surface area contributed by atoms with Gasteiger partial charge in [0.25, 0.3) is 0 Å². The lowest BCUT2D eigenvalue weighted by atomic mass is 10.1. The van der Waals surface area contributed by atoms with Crippen LogP contribution in [0.3, 0.4) is 0 Å². The number of halogens is 2. The number of ether oxygens (including phenoxy) is 1. The van der Waals surface area contributed by atoms with Gasteiger partial charge < -0.3 is 9.84 Å². The van der Waals surface area contributed by atoms with Gasteiger partial charge in [0.05, 0.1) is 11.6 Å². The molecule has 1 aromatic rings. The fraction of sp³-hybridized carbons (Fsp3) is 0.111. The lowest BCUT2D eigenvalue weighted by molar-refractivity contribution is -0.0503. The summed E-state index contributed by atoms with van der Waals surface area (Å²) in [5.74, 6) is -1.89. The number of hydrogen-bond donors (Lipinski definition) is 1. The summed E-state index contributed by atoms with van der Waals surface area (Å²) in [4.78, 5) is 10.6. The summed E-state index contributed by atoms with van der Waals surface area (Å²) in [6.07, 6.45) is 0. The molecular formula is C9H5F2NO3. The summed E-state index contributed by atoms with van der Waals surface area (Å²) in [6, 6.07) is 4.89. The van der Waals surface area contributed by atoms with E-state index in [9.17, 15) is 13.6 Å². The first-order chi connectivity index (χ1) is 7.04. The molecule has 0 aliphatic rings. The van der Waals surface area contributed by atoms with E-state index in [1.54, 1.807) is 6.07 Å². The SMILES string of the molecule is N#Cc1ccc(OC(F)F)c(C(=O)O)c1. The first-order valence-electron chi connectivity index (χ1n) is 3.77. The van der Waals surface area contributed by atoms with Crippen molar-refractivity contribution in [2.24, 2.45) is 0 Å². The van der Waals surface area contributed by atoms with Gasteiger partial charge in [-0.05, 0) is 18.2 Å². The molecule has 4 nitrogen and oxygen atoms in total. The van der Waals surface area contributed by atoms with E-state index in [-0.39, 0.29) is 5.56 Å². The number of alkyl halides is 2. The molecule has 0 radical (unpaired) electrons. The smallest absolute Gasteiger partial charge is 0.387 e. The molecule has 0 aromatic heterocycles. The number of nitriles is 1. The van der Waals surface area contributed by atoms with Crippen molar-refractivity contribution < 1.29 is 23.4 Å². The quantitative estimate of drug-likeness (QED) is 0.831. The van der Waals surface area contributed by atoms with Crippen molar-refractivity contribution in [2.75, 3.05) is 0 Å². The van der Waals surface area contributed by atoms with E-state index in [4.69, 9.17) is 10.4 Å². The zero-order valence-electron chi connectivity index (χ0n) is 7.28. The van der Waals surface area contributed by atoms with Gasteiger partial charge in [0.15, 0.2) is 0 Å². The minimum Gasteiger partial charge on any atom is -0.478 e. The Kier molecular flexibility index (Phi) is 3.18. The maximum atomic E-state index is 11.9. The molecule has 6 heteroatoms. The Hall–Kier alpha value is -2.16. The second kappa shape index (κ2) is 4.37. The normalized spacial score (nSPS) is 9.73. The van der Waals surface area contributed by atoms with Crippen molar-refractivity contribution in [3.63, 3.8) is 0 Å². The van der Waals surface area contributed by atoms with E-state index >= 15 is 0 Å². The van der Waals surface area contributed by atoms with Crippen LogP contribution in [-0.2, 0) is 0 Å². The zero-order chi connectivity index (χ0) is 11.4. The molecule has 0 spiro atoms. The van der Waals surface area contributed by atoms with E-state index < -0.39 is 23.9 Å². The molecule has 0 saturated carbocycles. The molecule has 1 rings (SSSR count). The highest BCUT2D eigenvalue weighted by Gasteiger charge is 2.15. The molecule has 0 atom stereocenters. The number of aromatic carboxylic acids is 1. The van der Waals surface area contributed by atoms with Gasteiger partial charge in [0.2, 0.25) is 0 Å². The topological polar surface area (TPSA) is 70.3 Å². The molecule has 0 aliphatic heterocycles. The van der Waals surface area contributed by atoms with Crippen LogP contribution in [0.15, 0.2) is 18.2 Å². The largest absolute Gasteiger partial charge is 0.478 e. The highest BCUT2D eigenvalue weighted by atomic mass is 19.3. The molecule has 0 unspecified atom stereocenters. The Labute approximate surface area is 83.3 Å². The molecular weight excluding hydrogens is 208 g/mol. The lowest BCUT2D eigenvalue weighted by Crippen LogP contribution is -2.07. The number of benzene rings is 1. The van der Waals surface area contributed by atoms with Crippen LogP contribution < -0.4 is 4.74 Å². The van der Waals surface area contributed by atoms with Gasteiger partial charge in [-0.25, -0.2) is 4.79 Å². The number of carbonyl (C=O) groups is 1. The number of carboxylic acid groups (broad SMARTS) is 1. The molecule has 15 heavy (non-hydrogen) atoms. The van der Waals surface area contributed by atoms with Crippen LogP contribution in [-0.4, -0.2) is 17.7 Å². The number of hydrogen-bond acceptors (Lipinski definition) is 3. The summed E-state index contributed by atoms with van der Waals surface area (Å²) < 4.78 is 27.7. The molecule has 0 amide bonds. The Morgan fingerprint density at radius 1 is 1.53 bits per heavy atom. The monoisotopic (exact) mass is 213 g/mol. The highest BCUT2D eigenvalue weighted by molar-refractivity contribution is 5.91. The van der Waals surface area contributed by atoms with Gasteiger partial charge in [-0.1, -0.05) is 0 Å². The lowest BCUT2D eigenvalue weighted by Gasteiger charge is -2.07. The molecule has 78 valence electrons. The summed E-state index contributed by atoms with van der Waals surface area (Å²) >= 11 is 0.